The van der Waals surface area contributed by atoms with Gasteiger partial charge in [0.25, 0.3) is 0 Å². The predicted octanol–water partition coefficient (Wildman–Crippen LogP) is 3.49. The highest BCUT2D eigenvalue weighted by molar-refractivity contribution is 7.89. The van der Waals surface area contributed by atoms with Crippen molar-refractivity contribution in [1.82, 2.24) is 4.31 Å². The summed E-state index contributed by atoms with van der Waals surface area (Å²) in [5, 5.41) is 0. The Morgan fingerprint density at radius 1 is 1.03 bits per heavy atom. The second-order valence-electron chi connectivity index (χ2n) is 8.57. The molecule has 0 atom stereocenters. The molecule has 8 nitrogen and oxygen atoms in total. The van der Waals surface area contributed by atoms with Crippen LogP contribution in [0.5, 0.6) is 11.5 Å². The van der Waals surface area contributed by atoms with Crippen LogP contribution in [0.25, 0.3) is 0 Å². The van der Waals surface area contributed by atoms with Gasteiger partial charge in [0.05, 0.1) is 10.5 Å². The lowest BCUT2D eigenvalue weighted by atomic mass is 10.0. The van der Waals surface area contributed by atoms with Gasteiger partial charge in [0, 0.05) is 18.7 Å². The van der Waals surface area contributed by atoms with E-state index in [4.69, 9.17) is 14.2 Å². The van der Waals surface area contributed by atoms with E-state index in [9.17, 15) is 18.0 Å². The average molecular weight is 474 g/mol. The van der Waals surface area contributed by atoms with Crippen molar-refractivity contribution in [3.05, 3.63) is 52.6 Å². The van der Waals surface area contributed by atoms with Gasteiger partial charge in [-0.15, -0.1) is 0 Å². The predicted molar refractivity (Wildman–Crippen MR) is 120 cm³/mol. The van der Waals surface area contributed by atoms with E-state index in [1.165, 1.54) is 10.4 Å². The number of piperidine rings is 1. The number of ether oxygens (including phenoxy) is 3. The summed E-state index contributed by atoms with van der Waals surface area (Å²) in [4.78, 5) is 25.3. The molecule has 2 heterocycles. The first-order valence-corrected chi connectivity index (χ1v) is 12.3. The normalized spacial score (nSPS) is 16.6. The summed E-state index contributed by atoms with van der Waals surface area (Å²) in [5.74, 6) is 0.346. The third-order valence-electron chi connectivity index (χ3n) is 6.24. The first-order chi connectivity index (χ1) is 15.7. The fourth-order valence-corrected chi connectivity index (χ4v) is 5.74. The van der Waals surface area contributed by atoms with Crippen molar-refractivity contribution >= 4 is 21.8 Å². The fourth-order valence-electron chi connectivity index (χ4n) is 3.94. The molecule has 4 rings (SSSR count). The molecule has 0 amide bonds. The molecule has 0 saturated carbocycles. The molecule has 0 bridgehead atoms. The molecule has 0 spiro atoms. The molecule has 2 aromatic carbocycles. The Morgan fingerprint density at radius 2 is 1.73 bits per heavy atom. The van der Waals surface area contributed by atoms with Crippen molar-refractivity contribution in [2.24, 2.45) is 5.92 Å². The maximum atomic E-state index is 13.3. The summed E-state index contributed by atoms with van der Waals surface area (Å²) in [6.07, 6.45) is 1.61. The SMILES string of the molecule is Cc1cc(C(=O)OCC(=O)c2ccc3c(c2)OCO3)cc(S(=O)(=O)N2CCC(C)CC2)c1C. The Labute approximate surface area is 193 Å². The molecular weight excluding hydrogens is 446 g/mol. The summed E-state index contributed by atoms with van der Waals surface area (Å²) in [6.45, 7) is 6.13. The second kappa shape index (κ2) is 9.15. The number of benzene rings is 2. The van der Waals surface area contributed by atoms with Crippen LogP contribution in [0, 0.1) is 19.8 Å². The fraction of sp³-hybridized carbons (Fsp3) is 0.417. The van der Waals surface area contributed by atoms with Crippen molar-refractivity contribution < 1.29 is 32.2 Å². The molecule has 0 radical (unpaired) electrons. The molecule has 0 unspecified atom stereocenters. The number of hydrogen-bond donors (Lipinski definition) is 0. The quantitative estimate of drug-likeness (QED) is 0.468. The summed E-state index contributed by atoms with van der Waals surface area (Å²) in [7, 11) is -3.74. The van der Waals surface area contributed by atoms with E-state index in [0.29, 0.717) is 47.2 Å². The molecule has 2 aliphatic heterocycles. The summed E-state index contributed by atoms with van der Waals surface area (Å²) >= 11 is 0. The van der Waals surface area contributed by atoms with Crippen LogP contribution in [0.1, 0.15) is 51.6 Å². The van der Waals surface area contributed by atoms with Crippen molar-refractivity contribution in [1.29, 1.82) is 0 Å². The van der Waals surface area contributed by atoms with Gasteiger partial charge in [0.15, 0.2) is 23.9 Å². The zero-order valence-electron chi connectivity index (χ0n) is 18.9. The highest BCUT2D eigenvalue weighted by atomic mass is 32.2. The molecule has 0 aliphatic carbocycles. The Bertz CT molecular complexity index is 1200. The third kappa shape index (κ3) is 4.74. The molecule has 2 aliphatic rings. The third-order valence-corrected chi connectivity index (χ3v) is 8.27. The van der Waals surface area contributed by atoms with E-state index >= 15 is 0 Å². The van der Waals surface area contributed by atoms with Crippen molar-refractivity contribution in [2.45, 2.75) is 38.5 Å². The average Bonchev–Trinajstić information content (AvgIpc) is 3.27. The molecular formula is C24H27NO7S. The van der Waals surface area contributed by atoms with Crippen LogP contribution in [-0.4, -0.2) is 51.0 Å². The highest BCUT2D eigenvalue weighted by Crippen LogP contribution is 2.33. The van der Waals surface area contributed by atoms with Gasteiger partial charge in [-0.25, -0.2) is 13.2 Å². The summed E-state index contributed by atoms with van der Waals surface area (Å²) in [6, 6.07) is 7.67. The number of Topliss-reactive ketones (excluding diaryl/α,β-unsaturated/α-hetero) is 1. The number of carbonyl (C=O) groups excluding carboxylic acids is 2. The van der Waals surface area contributed by atoms with Gasteiger partial charge < -0.3 is 14.2 Å². The van der Waals surface area contributed by atoms with Gasteiger partial charge in [-0.2, -0.15) is 4.31 Å². The van der Waals surface area contributed by atoms with Gasteiger partial charge in [-0.05, 0) is 74.1 Å². The standard InChI is InChI=1S/C24H27NO7S/c1-15-6-8-25(9-7-15)33(28,29)23-12-19(10-16(2)17(23)3)24(27)30-13-20(26)18-4-5-21-22(11-18)32-14-31-21/h4-5,10-12,15H,6-9,13-14H2,1-3H3. The lowest BCUT2D eigenvalue weighted by Crippen LogP contribution is -2.38. The maximum Gasteiger partial charge on any atom is 0.338 e. The number of carbonyl (C=O) groups is 2. The Hall–Kier alpha value is -2.91. The molecule has 0 aromatic heterocycles. The highest BCUT2D eigenvalue weighted by Gasteiger charge is 2.30. The number of aryl methyl sites for hydroxylation is 1. The van der Waals surface area contributed by atoms with E-state index in [1.54, 1.807) is 38.1 Å². The van der Waals surface area contributed by atoms with Crippen molar-refractivity contribution in [3.8, 4) is 11.5 Å². The van der Waals surface area contributed by atoms with Crippen LogP contribution in [-0.2, 0) is 14.8 Å². The summed E-state index contributed by atoms with van der Waals surface area (Å²) in [5.41, 5.74) is 1.69. The summed E-state index contributed by atoms with van der Waals surface area (Å²) < 4.78 is 43.8. The zero-order chi connectivity index (χ0) is 23.8. The van der Waals surface area contributed by atoms with Crippen LogP contribution in [0.15, 0.2) is 35.2 Å². The van der Waals surface area contributed by atoms with Gasteiger partial charge in [-0.1, -0.05) is 6.92 Å². The topological polar surface area (TPSA) is 99.2 Å². The molecule has 1 saturated heterocycles. The molecule has 33 heavy (non-hydrogen) atoms. The first kappa shape index (κ1) is 23.3. The minimum absolute atomic E-state index is 0.0937. The minimum Gasteiger partial charge on any atom is -0.454 e. The number of rotatable bonds is 6. The van der Waals surface area contributed by atoms with Gasteiger partial charge >= 0.3 is 5.97 Å². The zero-order valence-corrected chi connectivity index (χ0v) is 19.7. The lowest BCUT2D eigenvalue weighted by molar-refractivity contribution is 0.0474. The van der Waals surface area contributed by atoms with E-state index in [-0.39, 0.29) is 17.3 Å². The number of fused-ring (bicyclic) bond motifs is 1. The number of ketones is 1. The van der Waals surface area contributed by atoms with Crippen LogP contribution >= 0.6 is 0 Å². The molecule has 1 fully saturated rings. The van der Waals surface area contributed by atoms with E-state index in [0.717, 1.165) is 12.8 Å². The van der Waals surface area contributed by atoms with Crippen molar-refractivity contribution in [3.63, 3.8) is 0 Å². The number of esters is 1. The Kier molecular flexibility index (Phi) is 6.45. The maximum absolute atomic E-state index is 13.3. The van der Waals surface area contributed by atoms with E-state index < -0.39 is 28.4 Å². The molecule has 9 heteroatoms. The van der Waals surface area contributed by atoms with Crippen LogP contribution < -0.4 is 9.47 Å². The number of sulfonamides is 1. The van der Waals surface area contributed by atoms with Crippen LogP contribution in [0.4, 0.5) is 0 Å². The van der Waals surface area contributed by atoms with Gasteiger partial charge in [0.1, 0.15) is 0 Å². The number of hydrogen-bond acceptors (Lipinski definition) is 7. The Morgan fingerprint density at radius 3 is 2.45 bits per heavy atom. The molecule has 2 aromatic rings. The van der Waals surface area contributed by atoms with E-state index in [1.807, 2.05) is 0 Å². The molecule has 0 N–H and O–H groups in total. The lowest BCUT2D eigenvalue weighted by Gasteiger charge is -2.30. The monoisotopic (exact) mass is 473 g/mol. The largest absolute Gasteiger partial charge is 0.454 e. The minimum atomic E-state index is -3.74. The van der Waals surface area contributed by atoms with Crippen LogP contribution in [0.3, 0.4) is 0 Å². The molecule has 176 valence electrons. The van der Waals surface area contributed by atoms with Crippen LogP contribution in [0.2, 0.25) is 0 Å². The van der Waals surface area contributed by atoms with Crippen molar-refractivity contribution in [2.75, 3.05) is 26.5 Å². The second-order valence-corrected chi connectivity index (χ2v) is 10.5. The first-order valence-electron chi connectivity index (χ1n) is 10.9. The number of nitrogens with zero attached hydrogens (tertiary/aromatic N) is 1. The van der Waals surface area contributed by atoms with Gasteiger partial charge in [0.2, 0.25) is 16.8 Å². The van der Waals surface area contributed by atoms with E-state index in [2.05, 4.69) is 6.92 Å². The Balaban J connectivity index is 1.50. The van der Waals surface area contributed by atoms with Gasteiger partial charge in [-0.3, -0.25) is 4.79 Å². The smallest absolute Gasteiger partial charge is 0.338 e.